The van der Waals surface area contributed by atoms with Crippen molar-refractivity contribution in [1.82, 2.24) is 4.90 Å². The summed E-state index contributed by atoms with van der Waals surface area (Å²) < 4.78 is 27.9. The fourth-order valence-electron chi connectivity index (χ4n) is 3.22. The number of sulfonamides is 1. The number of hydrogen-bond acceptors (Lipinski definition) is 4. The lowest BCUT2D eigenvalue weighted by Crippen LogP contribution is -2.42. The summed E-state index contributed by atoms with van der Waals surface area (Å²) in [6.45, 7) is 2.69. The number of carbonyl (C=O) groups excluding carboxylic acids is 2. The van der Waals surface area contributed by atoms with Gasteiger partial charge in [0.2, 0.25) is 5.91 Å². The molecule has 0 atom stereocenters. The van der Waals surface area contributed by atoms with Crippen molar-refractivity contribution >= 4 is 27.5 Å². The molecule has 2 amide bonds. The molecule has 0 saturated carbocycles. The average Bonchev–Trinajstić information content (AvgIpc) is 2.68. The van der Waals surface area contributed by atoms with Crippen molar-refractivity contribution in [3.8, 4) is 0 Å². The highest BCUT2D eigenvalue weighted by Gasteiger charge is 2.28. The minimum atomic E-state index is -3.82. The molecule has 2 aromatic carbocycles. The van der Waals surface area contributed by atoms with Crippen molar-refractivity contribution < 1.29 is 18.0 Å². The Balaban J connectivity index is 1.80. The molecule has 0 aliphatic carbocycles. The first-order chi connectivity index (χ1) is 13.3. The van der Waals surface area contributed by atoms with Crippen molar-refractivity contribution in [1.29, 1.82) is 0 Å². The zero-order chi connectivity index (χ0) is 20.3. The predicted octanol–water partition coefficient (Wildman–Crippen LogP) is 2.13. The van der Waals surface area contributed by atoms with E-state index in [0.717, 1.165) is 5.56 Å². The normalized spacial score (nSPS) is 15.2. The number of para-hydroxylation sites is 1. The standard InChI is InChI=1S/C20H23N3O4S/c1-14-6-8-16(9-7-14)28(26,27)22-18-5-3-2-4-17(18)20(25)23-12-10-15(11-13-23)19(21)24/h2-9,15,22H,10-13H2,1H3,(H2,21,24). The van der Waals surface area contributed by atoms with Gasteiger partial charge in [-0.15, -0.1) is 0 Å². The summed E-state index contributed by atoms with van der Waals surface area (Å²) in [7, 11) is -3.82. The second kappa shape index (κ2) is 8.02. The van der Waals surface area contributed by atoms with Crippen molar-refractivity contribution in [3.63, 3.8) is 0 Å². The summed E-state index contributed by atoms with van der Waals surface area (Å²) in [5, 5.41) is 0. The van der Waals surface area contributed by atoms with Crippen LogP contribution in [0.15, 0.2) is 53.4 Å². The van der Waals surface area contributed by atoms with E-state index in [2.05, 4.69) is 4.72 Å². The largest absolute Gasteiger partial charge is 0.369 e. The maximum absolute atomic E-state index is 12.9. The molecule has 3 N–H and O–H groups in total. The van der Waals surface area contributed by atoms with Crippen LogP contribution in [0.5, 0.6) is 0 Å². The fourth-order valence-corrected chi connectivity index (χ4v) is 4.30. The molecule has 1 heterocycles. The number of nitrogens with one attached hydrogen (secondary N) is 1. The molecule has 1 fully saturated rings. The molecule has 3 rings (SSSR count). The average molecular weight is 401 g/mol. The van der Waals surface area contributed by atoms with Gasteiger partial charge in [0, 0.05) is 19.0 Å². The molecule has 148 valence electrons. The van der Waals surface area contributed by atoms with E-state index in [1.807, 2.05) is 6.92 Å². The SMILES string of the molecule is Cc1ccc(S(=O)(=O)Nc2ccccc2C(=O)N2CCC(C(N)=O)CC2)cc1. The third-order valence-electron chi connectivity index (χ3n) is 4.92. The number of amides is 2. The van der Waals surface area contributed by atoms with Crippen LogP contribution in [0.4, 0.5) is 5.69 Å². The minimum Gasteiger partial charge on any atom is -0.369 e. The van der Waals surface area contributed by atoms with E-state index in [9.17, 15) is 18.0 Å². The van der Waals surface area contributed by atoms with Crippen LogP contribution in [0.3, 0.4) is 0 Å². The Kier molecular flexibility index (Phi) is 5.69. The third-order valence-corrected chi connectivity index (χ3v) is 6.30. The van der Waals surface area contributed by atoms with Crippen LogP contribution >= 0.6 is 0 Å². The lowest BCUT2D eigenvalue weighted by atomic mass is 9.96. The van der Waals surface area contributed by atoms with Crippen LogP contribution in [0.2, 0.25) is 0 Å². The molecule has 1 aliphatic rings. The summed E-state index contributed by atoms with van der Waals surface area (Å²) in [4.78, 5) is 26.0. The molecule has 28 heavy (non-hydrogen) atoms. The first-order valence-corrected chi connectivity index (χ1v) is 10.5. The van der Waals surface area contributed by atoms with E-state index in [-0.39, 0.29) is 33.9 Å². The van der Waals surface area contributed by atoms with Crippen LogP contribution in [0, 0.1) is 12.8 Å². The van der Waals surface area contributed by atoms with Gasteiger partial charge in [0.1, 0.15) is 0 Å². The highest BCUT2D eigenvalue weighted by molar-refractivity contribution is 7.92. The number of nitrogens with two attached hydrogens (primary N) is 1. The maximum Gasteiger partial charge on any atom is 0.261 e. The lowest BCUT2D eigenvalue weighted by molar-refractivity contribution is -0.123. The molecule has 0 aromatic heterocycles. The Morgan fingerprint density at radius 3 is 2.25 bits per heavy atom. The molecule has 0 bridgehead atoms. The lowest BCUT2D eigenvalue weighted by Gasteiger charge is -2.31. The number of benzene rings is 2. The van der Waals surface area contributed by atoms with Gasteiger partial charge in [-0.25, -0.2) is 8.42 Å². The molecule has 1 saturated heterocycles. The Morgan fingerprint density at radius 2 is 1.64 bits per heavy atom. The highest BCUT2D eigenvalue weighted by atomic mass is 32.2. The zero-order valence-corrected chi connectivity index (χ0v) is 16.4. The predicted molar refractivity (Wildman–Crippen MR) is 106 cm³/mol. The smallest absolute Gasteiger partial charge is 0.261 e. The van der Waals surface area contributed by atoms with E-state index in [0.29, 0.717) is 25.9 Å². The number of hydrogen-bond donors (Lipinski definition) is 2. The zero-order valence-electron chi connectivity index (χ0n) is 15.6. The van der Waals surface area contributed by atoms with Crippen molar-refractivity contribution in [3.05, 3.63) is 59.7 Å². The quantitative estimate of drug-likeness (QED) is 0.800. The van der Waals surface area contributed by atoms with Gasteiger partial charge < -0.3 is 10.6 Å². The third kappa shape index (κ3) is 4.33. The number of primary amides is 1. The summed E-state index contributed by atoms with van der Waals surface area (Å²) in [5.41, 5.74) is 6.79. The Labute approximate surface area is 164 Å². The summed E-state index contributed by atoms with van der Waals surface area (Å²) in [6.07, 6.45) is 1.02. The van der Waals surface area contributed by atoms with Gasteiger partial charge in [-0.2, -0.15) is 0 Å². The second-order valence-electron chi connectivity index (χ2n) is 6.93. The Morgan fingerprint density at radius 1 is 1.04 bits per heavy atom. The van der Waals surface area contributed by atoms with Crippen molar-refractivity contribution in [2.24, 2.45) is 11.7 Å². The van der Waals surface area contributed by atoms with Gasteiger partial charge in [0.25, 0.3) is 15.9 Å². The van der Waals surface area contributed by atoms with Gasteiger partial charge in [-0.1, -0.05) is 29.8 Å². The molecule has 0 spiro atoms. The summed E-state index contributed by atoms with van der Waals surface area (Å²) >= 11 is 0. The second-order valence-corrected chi connectivity index (χ2v) is 8.62. The van der Waals surface area contributed by atoms with Crippen LogP contribution in [0.25, 0.3) is 0 Å². The van der Waals surface area contributed by atoms with Gasteiger partial charge in [0.15, 0.2) is 0 Å². The van der Waals surface area contributed by atoms with Crippen LogP contribution in [-0.2, 0) is 14.8 Å². The van der Waals surface area contributed by atoms with E-state index in [4.69, 9.17) is 5.73 Å². The Hall–Kier alpha value is -2.87. The first kappa shape index (κ1) is 19.9. The maximum atomic E-state index is 12.9. The summed E-state index contributed by atoms with van der Waals surface area (Å²) in [6, 6.07) is 13.0. The van der Waals surface area contributed by atoms with E-state index >= 15 is 0 Å². The van der Waals surface area contributed by atoms with Gasteiger partial charge in [0.05, 0.1) is 16.1 Å². The molecule has 7 nitrogen and oxygen atoms in total. The topological polar surface area (TPSA) is 110 Å². The number of nitrogens with zero attached hydrogens (tertiary/aromatic N) is 1. The number of piperidine rings is 1. The van der Waals surface area contributed by atoms with E-state index < -0.39 is 10.0 Å². The molecular weight excluding hydrogens is 378 g/mol. The summed E-state index contributed by atoms with van der Waals surface area (Å²) in [5.74, 6) is -0.845. The molecule has 0 unspecified atom stereocenters. The fraction of sp³-hybridized carbons (Fsp3) is 0.300. The molecule has 2 aromatic rings. The Bertz CT molecular complexity index is 979. The first-order valence-electron chi connectivity index (χ1n) is 9.05. The van der Waals surface area contributed by atoms with Crippen LogP contribution in [0.1, 0.15) is 28.8 Å². The molecule has 1 aliphatic heterocycles. The van der Waals surface area contributed by atoms with Crippen molar-refractivity contribution in [2.45, 2.75) is 24.7 Å². The van der Waals surface area contributed by atoms with Crippen LogP contribution in [-0.4, -0.2) is 38.2 Å². The van der Waals surface area contributed by atoms with Gasteiger partial charge >= 0.3 is 0 Å². The number of rotatable bonds is 5. The number of likely N-dealkylation sites (tertiary alicyclic amines) is 1. The minimum absolute atomic E-state index is 0.127. The van der Waals surface area contributed by atoms with Gasteiger partial charge in [-0.05, 0) is 44.0 Å². The molecular formula is C20H23N3O4S. The van der Waals surface area contributed by atoms with Gasteiger partial charge in [-0.3, -0.25) is 14.3 Å². The number of anilines is 1. The molecule has 0 radical (unpaired) electrons. The van der Waals surface area contributed by atoms with E-state index in [1.165, 1.54) is 12.1 Å². The molecule has 8 heteroatoms. The van der Waals surface area contributed by atoms with Crippen molar-refractivity contribution in [2.75, 3.05) is 17.8 Å². The highest BCUT2D eigenvalue weighted by Crippen LogP contribution is 2.24. The number of carbonyl (C=O) groups is 2. The van der Waals surface area contributed by atoms with Crippen LogP contribution < -0.4 is 10.5 Å². The monoisotopic (exact) mass is 401 g/mol. The van der Waals surface area contributed by atoms with E-state index in [1.54, 1.807) is 41.3 Å². The number of aryl methyl sites for hydroxylation is 1.